The van der Waals surface area contributed by atoms with Gasteiger partial charge in [-0.15, -0.1) is 0 Å². The van der Waals surface area contributed by atoms with E-state index in [1.165, 1.54) is 24.8 Å². The van der Waals surface area contributed by atoms with Gasteiger partial charge in [-0.25, -0.2) is 0 Å². The molecule has 1 saturated heterocycles. The van der Waals surface area contributed by atoms with Crippen molar-refractivity contribution in [1.82, 2.24) is 0 Å². The van der Waals surface area contributed by atoms with Gasteiger partial charge in [0.25, 0.3) is 0 Å². The van der Waals surface area contributed by atoms with Gasteiger partial charge in [0, 0.05) is 18.2 Å². The molecule has 2 aliphatic rings. The zero-order chi connectivity index (χ0) is 13.3. The van der Waals surface area contributed by atoms with Gasteiger partial charge in [0.15, 0.2) is 0 Å². The van der Waals surface area contributed by atoms with Gasteiger partial charge in [0.1, 0.15) is 11.9 Å². The van der Waals surface area contributed by atoms with Crippen LogP contribution in [0.5, 0.6) is 5.75 Å². The Kier molecular flexibility index (Phi) is 4.06. The predicted octanol–water partition coefficient (Wildman–Crippen LogP) is 4.72. The zero-order valence-electron chi connectivity index (χ0n) is 10.8. The molecule has 1 saturated carbocycles. The van der Waals surface area contributed by atoms with Crippen LogP contribution < -0.4 is 4.74 Å². The summed E-state index contributed by atoms with van der Waals surface area (Å²) in [5.41, 5.74) is 1.28. The van der Waals surface area contributed by atoms with E-state index in [0.29, 0.717) is 5.02 Å². The minimum atomic E-state index is 0.116. The summed E-state index contributed by atoms with van der Waals surface area (Å²) in [5, 5.41) is 1.51. The minimum Gasteiger partial charge on any atom is -0.489 e. The molecule has 1 aromatic rings. The van der Waals surface area contributed by atoms with Gasteiger partial charge in [0.2, 0.25) is 0 Å². The van der Waals surface area contributed by atoms with Crippen LogP contribution in [0.25, 0.3) is 0 Å². The minimum absolute atomic E-state index is 0.116. The third-order valence-corrected chi connectivity index (χ3v) is 5.10. The maximum absolute atomic E-state index is 6.27. The average molecular weight is 346 g/mol. The van der Waals surface area contributed by atoms with E-state index in [1.807, 2.05) is 12.1 Å². The summed E-state index contributed by atoms with van der Waals surface area (Å²) in [4.78, 5) is 0. The first-order valence-electron chi connectivity index (χ1n) is 6.86. The first kappa shape index (κ1) is 13.7. The molecule has 4 heteroatoms. The van der Waals surface area contributed by atoms with E-state index in [1.54, 1.807) is 0 Å². The van der Waals surface area contributed by atoms with Gasteiger partial charge in [-0.1, -0.05) is 33.6 Å². The number of halogens is 2. The average Bonchev–Trinajstić information content (AvgIpc) is 2.39. The molecule has 1 atom stereocenters. The Morgan fingerprint density at radius 3 is 2.89 bits per heavy atom. The van der Waals surface area contributed by atoms with Crippen LogP contribution in [0.2, 0.25) is 5.02 Å². The van der Waals surface area contributed by atoms with Crippen molar-refractivity contribution in [3.05, 3.63) is 28.8 Å². The van der Waals surface area contributed by atoms with Crippen LogP contribution in [-0.2, 0) is 10.1 Å². The molecule has 1 heterocycles. The maximum Gasteiger partial charge on any atom is 0.138 e. The summed E-state index contributed by atoms with van der Waals surface area (Å²) >= 11 is 9.70. The summed E-state index contributed by atoms with van der Waals surface area (Å²) in [6.45, 7) is 0.807. The predicted molar refractivity (Wildman–Crippen MR) is 80.3 cm³/mol. The Labute approximate surface area is 127 Å². The smallest absolute Gasteiger partial charge is 0.138 e. The number of hydrogen-bond acceptors (Lipinski definition) is 2. The van der Waals surface area contributed by atoms with Crippen LogP contribution in [0.1, 0.15) is 37.7 Å². The summed E-state index contributed by atoms with van der Waals surface area (Å²) in [6, 6.07) is 5.99. The molecule has 0 aromatic heterocycles. The lowest BCUT2D eigenvalue weighted by molar-refractivity contribution is -0.153. The molecule has 1 aliphatic heterocycles. The number of benzene rings is 1. The number of rotatable bonds is 3. The normalized spacial score (nSPS) is 25.1. The third-order valence-electron chi connectivity index (χ3n) is 4.16. The van der Waals surface area contributed by atoms with Gasteiger partial charge >= 0.3 is 0 Å². The standard InChI is InChI=1S/C15H18BrClO2/c16-10-11-2-3-14(13(17)8-11)19-12-4-7-18-15(9-12)5-1-6-15/h2-3,8,12H,1,4-7,9-10H2. The van der Waals surface area contributed by atoms with Crippen LogP contribution in [0, 0.1) is 0 Å². The quantitative estimate of drug-likeness (QED) is 0.738. The zero-order valence-corrected chi connectivity index (χ0v) is 13.2. The molecular weight excluding hydrogens is 328 g/mol. The summed E-state index contributed by atoms with van der Waals surface area (Å²) in [5.74, 6) is 0.799. The van der Waals surface area contributed by atoms with Gasteiger partial charge < -0.3 is 9.47 Å². The van der Waals surface area contributed by atoms with E-state index in [-0.39, 0.29) is 11.7 Å². The van der Waals surface area contributed by atoms with Crippen molar-refractivity contribution in [1.29, 1.82) is 0 Å². The van der Waals surface area contributed by atoms with Crippen molar-refractivity contribution in [2.45, 2.75) is 49.1 Å². The monoisotopic (exact) mass is 344 g/mol. The molecule has 1 aliphatic carbocycles. The lowest BCUT2D eigenvalue weighted by Crippen LogP contribution is -2.48. The SMILES string of the molecule is Clc1cc(CBr)ccc1OC1CCOC2(CCC2)C1. The molecule has 0 amide bonds. The Morgan fingerprint density at radius 1 is 1.42 bits per heavy atom. The molecule has 3 rings (SSSR count). The van der Waals surface area contributed by atoms with Gasteiger partial charge in [0.05, 0.1) is 17.2 Å². The second-order valence-corrected chi connectivity index (χ2v) is 6.48. The lowest BCUT2D eigenvalue weighted by atomic mass is 9.74. The molecular formula is C15H18BrClO2. The molecule has 19 heavy (non-hydrogen) atoms. The van der Waals surface area contributed by atoms with Crippen molar-refractivity contribution in [2.24, 2.45) is 0 Å². The van der Waals surface area contributed by atoms with Crippen LogP contribution in [0.15, 0.2) is 18.2 Å². The van der Waals surface area contributed by atoms with E-state index in [0.717, 1.165) is 30.5 Å². The molecule has 2 nitrogen and oxygen atoms in total. The Hall–Kier alpha value is -0.250. The summed E-state index contributed by atoms with van der Waals surface area (Å²) < 4.78 is 12.0. The molecule has 1 unspecified atom stereocenters. The molecule has 0 radical (unpaired) electrons. The molecule has 1 spiro atoms. The first-order chi connectivity index (χ1) is 9.21. The van der Waals surface area contributed by atoms with Crippen molar-refractivity contribution < 1.29 is 9.47 Å². The van der Waals surface area contributed by atoms with E-state index in [4.69, 9.17) is 21.1 Å². The fourth-order valence-corrected chi connectivity index (χ4v) is 3.50. The van der Waals surface area contributed by atoms with Crippen molar-refractivity contribution in [2.75, 3.05) is 6.61 Å². The summed E-state index contributed by atoms with van der Waals surface area (Å²) in [6.07, 6.45) is 5.85. The van der Waals surface area contributed by atoms with Crippen molar-refractivity contribution in [3.63, 3.8) is 0 Å². The van der Waals surface area contributed by atoms with Crippen molar-refractivity contribution >= 4 is 27.5 Å². The Bertz CT molecular complexity index is 459. The highest BCUT2D eigenvalue weighted by Crippen LogP contribution is 2.43. The highest BCUT2D eigenvalue weighted by Gasteiger charge is 2.43. The number of alkyl halides is 1. The van der Waals surface area contributed by atoms with E-state index in [9.17, 15) is 0 Å². The van der Waals surface area contributed by atoms with E-state index in [2.05, 4.69) is 22.0 Å². The van der Waals surface area contributed by atoms with Crippen LogP contribution in [-0.4, -0.2) is 18.3 Å². The maximum atomic E-state index is 6.27. The lowest BCUT2D eigenvalue weighted by Gasteiger charge is -2.46. The number of hydrogen-bond donors (Lipinski definition) is 0. The van der Waals surface area contributed by atoms with Crippen LogP contribution in [0.3, 0.4) is 0 Å². The summed E-state index contributed by atoms with van der Waals surface area (Å²) in [7, 11) is 0. The fourth-order valence-electron chi connectivity index (χ4n) is 2.91. The third kappa shape index (κ3) is 2.93. The van der Waals surface area contributed by atoms with Gasteiger partial charge in [-0.2, -0.15) is 0 Å². The Balaban J connectivity index is 1.67. The molecule has 2 fully saturated rings. The highest BCUT2D eigenvalue weighted by molar-refractivity contribution is 9.08. The van der Waals surface area contributed by atoms with E-state index < -0.39 is 0 Å². The molecule has 0 bridgehead atoms. The Morgan fingerprint density at radius 2 is 2.26 bits per heavy atom. The van der Waals surface area contributed by atoms with E-state index >= 15 is 0 Å². The van der Waals surface area contributed by atoms with Crippen LogP contribution in [0.4, 0.5) is 0 Å². The number of ether oxygens (including phenoxy) is 2. The fraction of sp³-hybridized carbons (Fsp3) is 0.600. The van der Waals surface area contributed by atoms with Gasteiger partial charge in [-0.3, -0.25) is 0 Å². The largest absolute Gasteiger partial charge is 0.489 e. The highest BCUT2D eigenvalue weighted by atomic mass is 79.9. The first-order valence-corrected chi connectivity index (χ1v) is 8.36. The molecule has 104 valence electrons. The molecule has 1 aromatic carbocycles. The second kappa shape index (κ2) is 5.63. The van der Waals surface area contributed by atoms with Gasteiger partial charge in [-0.05, 0) is 37.0 Å². The van der Waals surface area contributed by atoms with Crippen LogP contribution >= 0.6 is 27.5 Å². The molecule has 0 N–H and O–H groups in total. The second-order valence-electron chi connectivity index (χ2n) is 5.52. The van der Waals surface area contributed by atoms with Crippen molar-refractivity contribution in [3.8, 4) is 5.75 Å². The topological polar surface area (TPSA) is 18.5 Å².